The fourth-order valence-corrected chi connectivity index (χ4v) is 2.04. The standard InChI is InChI=1S/C14H21N3/c1-4-12(2)14-11-13(5-6-15-14)17-9-7-16(3)8-10-17/h4-6,11H,7-10H2,1-3H3/b12-4-. The zero-order chi connectivity index (χ0) is 12.3. The number of hydrogen-bond acceptors (Lipinski definition) is 3. The van der Waals surface area contributed by atoms with Crippen LogP contribution in [0.25, 0.3) is 5.57 Å². The Morgan fingerprint density at radius 1 is 1.29 bits per heavy atom. The molecule has 3 heteroatoms. The molecule has 0 bridgehead atoms. The predicted octanol–water partition coefficient (Wildman–Crippen LogP) is 2.26. The lowest BCUT2D eigenvalue weighted by Gasteiger charge is -2.34. The monoisotopic (exact) mass is 231 g/mol. The van der Waals surface area contributed by atoms with Crippen LogP contribution in [0.4, 0.5) is 5.69 Å². The molecule has 1 saturated heterocycles. The Kier molecular flexibility index (Phi) is 3.79. The molecule has 1 aliphatic rings. The average molecular weight is 231 g/mol. The Bertz CT molecular complexity index is 404. The van der Waals surface area contributed by atoms with Crippen molar-refractivity contribution in [3.05, 3.63) is 30.1 Å². The van der Waals surface area contributed by atoms with E-state index in [-0.39, 0.29) is 0 Å². The highest BCUT2D eigenvalue weighted by Gasteiger charge is 2.14. The molecule has 0 unspecified atom stereocenters. The molecule has 3 nitrogen and oxygen atoms in total. The van der Waals surface area contributed by atoms with Crippen LogP contribution in [0.15, 0.2) is 24.4 Å². The molecule has 1 aromatic heterocycles. The second-order valence-electron chi connectivity index (χ2n) is 4.66. The maximum Gasteiger partial charge on any atom is 0.0676 e. The van der Waals surface area contributed by atoms with Crippen LogP contribution in [0.2, 0.25) is 0 Å². The van der Waals surface area contributed by atoms with E-state index >= 15 is 0 Å². The van der Waals surface area contributed by atoms with Gasteiger partial charge in [0.25, 0.3) is 0 Å². The number of rotatable bonds is 2. The van der Waals surface area contributed by atoms with Crippen LogP contribution >= 0.6 is 0 Å². The molecule has 2 heterocycles. The summed E-state index contributed by atoms with van der Waals surface area (Å²) in [6, 6.07) is 4.30. The molecule has 0 spiro atoms. The van der Waals surface area contributed by atoms with Gasteiger partial charge in [-0.25, -0.2) is 0 Å². The van der Waals surface area contributed by atoms with Crippen molar-refractivity contribution in [1.82, 2.24) is 9.88 Å². The van der Waals surface area contributed by atoms with Gasteiger partial charge in [0.2, 0.25) is 0 Å². The summed E-state index contributed by atoms with van der Waals surface area (Å²) >= 11 is 0. The fourth-order valence-electron chi connectivity index (χ4n) is 2.04. The van der Waals surface area contributed by atoms with Gasteiger partial charge in [-0.15, -0.1) is 0 Å². The summed E-state index contributed by atoms with van der Waals surface area (Å²) < 4.78 is 0. The highest BCUT2D eigenvalue weighted by molar-refractivity contribution is 5.64. The first-order valence-corrected chi connectivity index (χ1v) is 6.23. The van der Waals surface area contributed by atoms with Crippen LogP contribution < -0.4 is 4.90 Å². The minimum Gasteiger partial charge on any atom is -0.369 e. The van der Waals surface area contributed by atoms with Crippen molar-refractivity contribution in [2.45, 2.75) is 13.8 Å². The van der Waals surface area contributed by atoms with Gasteiger partial charge in [-0.3, -0.25) is 4.98 Å². The number of piperazine rings is 1. The number of aromatic nitrogens is 1. The molecule has 0 atom stereocenters. The topological polar surface area (TPSA) is 19.4 Å². The van der Waals surface area contributed by atoms with E-state index in [4.69, 9.17) is 0 Å². The van der Waals surface area contributed by atoms with Crippen LogP contribution in [-0.2, 0) is 0 Å². The molecule has 0 aromatic carbocycles. The smallest absolute Gasteiger partial charge is 0.0676 e. The molecule has 2 rings (SSSR count). The fraction of sp³-hybridized carbons (Fsp3) is 0.500. The van der Waals surface area contributed by atoms with Crippen molar-refractivity contribution in [3.63, 3.8) is 0 Å². The van der Waals surface area contributed by atoms with Crippen LogP contribution in [0.1, 0.15) is 19.5 Å². The van der Waals surface area contributed by atoms with Gasteiger partial charge in [0.05, 0.1) is 5.69 Å². The van der Waals surface area contributed by atoms with Crippen molar-refractivity contribution in [3.8, 4) is 0 Å². The minimum absolute atomic E-state index is 1.09. The third-order valence-electron chi connectivity index (χ3n) is 3.45. The molecule has 1 aliphatic heterocycles. The second kappa shape index (κ2) is 5.32. The highest BCUT2D eigenvalue weighted by Crippen LogP contribution is 2.20. The maximum absolute atomic E-state index is 4.41. The van der Waals surface area contributed by atoms with Crippen molar-refractivity contribution < 1.29 is 0 Å². The van der Waals surface area contributed by atoms with Crippen LogP contribution in [-0.4, -0.2) is 43.1 Å². The first-order valence-electron chi connectivity index (χ1n) is 6.23. The van der Waals surface area contributed by atoms with Crippen molar-refractivity contribution in [2.75, 3.05) is 38.1 Å². The molecular formula is C14H21N3. The molecule has 17 heavy (non-hydrogen) atoms. The van der Waals surface area contributed by atoms with Gasteiger partial charge in [-0.2, -0.15) is 0 Å². The van der Waals surface area contributed by atoms with Gasteiger partial charge in [0.15, 0.2) is 0 Å². The highest BCUT2D eigenvalue weighted by atomic mass is 15.2. The zero-order valence-corrected chi connectivity index (χ0v) is 11.0. The summed E-state index contributed by atoms with van der Waals surface area (Å²) in [5.41, 5.74) is 3.62. The largest absolute Gasteiger partial charge is 0.369 e. The zero-order valence-electron chi connectivity index (χ0n) is 11.0. The number of likely N-dealkylation sites (N-methyl/N-ethyl adjacent to an activating group) is 1. The number of allylic oxidation sites excluding steroid dienone is 2. The molecule has 0 saturated carbocycles. The van der Waals surface area contributed by atoms with E-state index in [1.807, 2.05) is 6.20 Å². The van der Waals surface area contributed by atoms with E-state index in [1.165, 1.54) is 11.3 Å². The molecule has 0 radical (unpaired) electrons. The summed E-state index contributed by atoms with van der Waals surface area (Å²) in [4.78, 5) is 9.22. The Labute approximate surface area is 104 Å². The SMILES string of the molecule is C/C=C(/C)c1cc(N2CCN(C)CC2)ccn1. The van der Waals surface area contributed by atoms with Crippen molar-refractivity contribution in [2.24, 2.45) is 0 Å². The van der Waals surface area contributed by atoms with Gasteiger partial charge in [-0.05, 0) is 38.6 Å². The van der Waals surface area contributed by atoms with Gasteiger partial charge in [0, 0.05) is 38.1 Å². The van der Waals surface area contributed by atoms with Gasteiger partial charge in [-0.1, -0.05) is 6.08 Å². The lowest BCUT2D eigenvalue weighted by molar-refractivity contribution is 0.313. The lowest BCUT2D eigenvalue weighted by Crippen LogP contribution is -2.44. The van der Waals surface area contributed by atoms with Crippen LogP contribution in [0.5, 0.6) is 0 Å². The number of hydrogen-bond donors (Lipinski definition) is 0. The summed E-state index contributed by atoms with van der Waals surface area (Å²) in [5.74, 6) is 0. The Hall–Kier alpha value is -1.35. The van der Waals surface area contributed by atoms with Gasteiger partial charge < -0.3 is 9.80 Å². The number of anilines is 1. The summed E-state index contributed by atoms with van der Waals surface area (Å²) in [7, 11) is 2.18. The number of pyridine rings is 1. The van der Waals surface area contributed by atoms with Crippen LogP contribution in [0.3, 0.4) is 0 Å². The predicted molar refractivity (Wildman–Crippen MR) is 73.3 cm³/mol. The van der Waals surface area contributed by atoms with E-state index in [9.17, 15) is 0 Å². The lowest BCUT2D eigenvalue weighted by atomic mass is 10.1. The molecule has 92 valence electrons. The van der Waals surface area contributed by atoms with E-state index in [1.54, 1.807) is 0 Å². The first-order chi connectivity index (χ1) is 8.20. The number of nitrogens with zero attached hydrogens (tertiary/aromatic N) is 3. The summed E-state index contributed by atoms with van der Waals surface area (Å²) in [5, 5.41) is 0. The molecular weight excluding hydrogens is 210 g/mol. The summed E-state index contributed by atoms with van der Waals surface area (Å²) in [6.45, 7) is 8.65. The van der Waals surface area contributed by atoms with Gasteiger partial charge >= 0.3 is 0 Å². The molecule has 1 fully saturated rings. The quantitative estimate of drug-likeness (QED) is 0.778. The van der Waals surface area contributed by atoms with E-state index in [0.717, 1.165) is 31.9 Å². The first kappa shape index (κ1) is 12.1. The van der Waals surface area contributed by atoms with E-state index < -0.39 is 0 Å². The Morgan fingerprint density at radius 3 is 2.65 bits per heavy atom. The second-order valence-corrected chi connectivity index (χ2v) is 4.66. The van der Waals surface area contributed by atoms with Gasteiger partial charge in [0.1, 0.15) is 0 Å². The third kappa shape index (κ3) is 2.86. The van der Waals surface area contributed by atoms with Crippen molar-refractivity contribution in [1.29, 1.82) is 0 Å². The van der Waals surface area contributed by atoms with E-state index in [2.05, 4.69) is 53.9 Å². The Balaban J connectivity index is 2.16. The van der Waals surface area contributed by atoms with E-state index in [0.29, 0.717) is 0 Å². The normalized spacial score (nSPS) is 18.5. The molecule has 1 aromatic rings. The Morgan fingerprint density at radius 2 is 2.00 bits per heavy atom. The van der Waals surface area contributed by atoms with Crippen LogP contribution in [0, 0.1) is 0 Å². The molecule has 0 aliphatic carbocycles. The molecule has 0 N–H and O–H groups in total. The van der Waals surface area contributed by atoms with Crippen molar-refractivity contribution >= 4 is 11.3 Å². The maximum atomic E-state index is 4.41. The molecule has 0 amide bonds. The average Bonchev–Trinajstić information content (AvgIpc) is 2.39. The third-order valence-corrected chi connectivity index (χ3v) is 3.45. The minimum atomic E-state index is 1.09. The summed E-state index contributed by atoms with van der Waals surface area (Å²) in [6.07, 6.45) is 4.02.